The molecular weight excluding hydrogens is 500 g/mol. The molecule has 0 saturated heterocycles. The van der Waals surface area contributed by atoms with E-state index >= 15 is 0 Å². The number of halogens is 4. The fraction of sp³-hybridized carbons (Fsp3) is 0.0833. The number of pyridine rings is 2. The van der Waals surface area contributed by atoms with E-state index in [1.807, 2.05) is 49.4 Å². The highest BCUT2D eigenvalue weighted by Crippen LogP contribution is 2.32. The van der Waals surface area contributed by atoms with E-state index in [9.17, 15) is 13.2 Å². The van der Waals surface area contributed by atoms with Gasteiger partial charge in [-0.2, -0.15) is 13.2 Å². The van der Waals surface area contributed by atoms with Gasteiger partial charge in [-0.1, -0.05) is 24.3 Å². The summed E-state index contributed by atoms with van der Waals surface area (Å²) in [5.74, 6) is 0. The SMILES string of the molecule is Cc1cc(-c2ccc(C(F)(F)F)cc2)cc(-c2ccnc(-c3cccc(I)c3)c2)n1. The monoisotopic (exact) mass is 516 g/mol. The lowest BCUT2D eigenvalue weighted by Crippen LogP contribution is -2.04. The first kappa shape index (κ1) is 20.5. The van der Waals surface area contributed by atoms with Crippen molar-refractivity contribution < 1.29 is 13.2 Å². The third kappa shape index (κ3) is 4.53. The zero-order chi connectivity index (χ0) is 21.3. The Morgan fingerprint density at radius 2 is 1.43 bits per heavy atom. The van der Waals surface area contributed by atoms with E-state index in [4.69, 9.17) is 0 Å². The molecule has 0 aliphatic carbocycles. The summed E-state index contributed by atoms with van der Waals surface area (Å²) < 4.78 is 39.7. The second-order valence-electron chi connectivity index (χ2n) is 6.90. The largest absolute Gasteiger partial charge is 0.416 e. The Labute approximate surface area is 186 Å². The van der Waals surface area contributed by atoms with Gasteiger partial charge in [-0.25, -0.2) is 0 Å². The van der Waals surface area contributed by atoms with Crippen LogP contribution in [0.15, 0.2) is 79.0 Å². The summed E-state index contributed by atoms with van der Waals surface area (Å²) in [6.07, 6.45) is -2.60. The van der Waals surface area contributed by atoms with Gasteiger partial charge in [-0.3, -0.25) is 9.97 Å². The third-order valence-electron chi connectivity index (χ3n) is 4.68. The highest BCUT2D eigenvalue weighted by Gasteiger charge is 2.30. The van der Waals surface area contributed by atoms with Crippen LogP contribution in [0.1, 0.15) is 11.3 Å². The van der Waals surface area contributed by atoms with Crippen LogP contribution >= 0.6 is 22.6 Å². The van der Waals surface area contributed by atoms with Gasteiger partial charge >= 0.3 is 6.18 Å². The van der Waals surface area contributed by atoms with Gasteiger partial charge in [0.15, 0.2) is 0 Å². The fourth-order valence-corrected chi connectivity index (χ4v) is 3.77. The van der Waals surface area contributed by atoms with Gasteiger partial charge in [-0.05, 0) is 89.2 Å². The minimum atomic E-state index is -4.35. The summed E-state index contributed by atoms with van der Waals surface area (Å²) in [6.45, 7) is 1.87. The molecule has 0 atom stereocenters. The zero-order valence-corrected chi connectivity index (χ0v) is 18.1. The highest BCUT2D eigenvalue weighted by atomic mass is 127. The van der Waals surface area contributed by atoms with Crippen LogP contribution in [0.2, 0.25) is 0 Å². The molecule has 150 valence electrons. The van der Waals surface area contributed by atoms with E-state index in [-0.39, 0.29) is 0 Å². The topological polar surface area (TPSA) is 25.8 Å². The van der Waals surface area contributed by atoms with Crippen LogP contribution in [0.5, 0.6) is 0 Å². The van der Waals surface area contributed by atoms with E-state index in [1.165, 1.54) is 12.1 Å². The molecule has 4 aromatic rings. The summed E-state index contributed by atoms with van der Waals surface area (Å²) in [6, 6.07) is 20.9. The smallest absolute Gasteiger partial charge is 0.256 e. The predicted octanol–water partition coefficient (Wildman–Crippen LogP) is 7.41. The van der Waals surface area contributed by atoms with Gasteiger partial charge in [0.2, 0.25) is 0 Å². The van der Waals surface area contributed by atoms with Gasteiger partial charge in [0, 0.05) is 26.6 Å². The molecule has 0 unspecified atom stereocenters. The average molecular weight is 516 g/mol. The summed E-state index contributed by atoms with van der Waals surface area (Å²) >= 11 is 2.26. The second kappa shape index (κ2) is 8.18. The lowest BCUT2D eigenvalue weighted by Gasteiger charge is -2.11. The Hall–Kier alpha value is -2.74. The number of hydrogen-bond acceptors (Lipinski definition) is 2. The van der Waals surface area contributed by atoms with Crippen LogP contribution in [0, 0.1) is 10.5 Å². The maximum atomic E-state index is 12.9. The molecule has 30 heavy (non-hydrogen) atoms. The molecule has 6 heteroatoms. The summed E-state index contributed by atoms with van der Waals surface area (Å²) in [4.78, 5) is 9.10. The van der Waals surface area contributed by atoms with E-state index in [0.29, 0.717) is 5.56 Å². The van der Waals surface area contributed by atoms with Crippen molar-refractivity contribution in [2.24, 2.45) is 0 Å². The standard InChI is InChI=1S/C24H16F3IN2/c1-15-11-19(16-5-7-20(8-6-16)24(25,26)27)14-23(30-15)18-9-10-29-22(13-18)17-3-2-4-21(28)12-17/h2-14H,1H3. The molecule has 0 saturated carbocycles. The number of rotatable bonds is 3. The molecular formula is C24H16F3IN2. The van der Waals surface area contributed by atoms with Crippen molar-refractivity contribution >= 4 is 22.6 Å². The molecule has 2 aromatic carbocycles. The summed E-state index contributed by atoms with van der Waals surface area (Å²) in [7, 11) is 0. The first-order valence-corrected chi connectivity index (χ1v) is 10.3. The molecule has 0 N–H and O–H groups in total. The van der Waals surface area contributed by atoms with Gasteiger partial charge < -0.3 is 0 Å². The number of aromatic nitrogens is 2. The van der Waals surface area contributed by atoms with Crippen LogP contribution in [-0.4, -0.2) is 9.97 Å². The van der Waals surface area contributed by atoms with Crippen LogP contribution in [0.25, 0.3) is 33.6 Å². The van der Waals surface area contributed by atoms with E-state index in [0.717, 1.165) is 49.5 Å². The van der Waals surface area contributed by atoms with Gasteiger partial charge in [-0.15, -0.1) is 0 Å². The van der Waals surface area contributed by atoms with Crippen LogP contribution in [-0.2, 0) is 6.18 Å². The Balaban J connectivity index is 1.73. The normalized spacial score (nSPS) is 11.5. The number of hydrogen-bond donors (Lipinski definition) is 0. The fourth-order valence-electron chi connectivity index (χ4n) is 3.23. The van der Waals surface area contributed by atoms with E-state index in [2.05, 4.69) is 38.6 Å². The molecule has 0 fully saturated rings. The van der Waals surface area contributed by atoms with Gasteiger partial charge in [0.25, 0.3) is 0 Å². The maximum absolute atomic E-state index is 12.9. The quantitative estimate of drug-likeness (QED) is 0.265. The maximum Gasteiger partial charge on any atom is 0.416 e. The van der Waals surface area contributed by atoms with Crippen molar-refractivity contribution in [2.45, 2.75) is 13.1 Å². The van der Waals surface area contributed by atoms with Crippen molar-refractivity contribution in [3.63, 3.8) is 0 Å². The molecule has 2 heterocycles. The lowest BCUT2D eigenvalue weighted by molar-refractivity contribution is -0.137. The highest BCUT2D eigenvalue weighted by molar-refractivity contribution is 14.1. The van der Waals surface area contributed by atoms with Crippen LogP contribution in [0.4, 0.5) is 13.2 Å². The van der Waals surface area contributed by atoms with Crippen molar-refractivity contribution in [3.8, 4) is 33.6 Å². The second-order valence-corrected chi connectivity index (χ2v) is 8.14. The van der Waals surface area contributed by atoms with Crippen LogP contribution in [0.3, 0.4) is 0 Å². The van der Waals surface area contributed by atoms with Crippen LogP contribution < -0.4 is 0 Å². The molecule has 0 amide bonds. The van der Waals surface area contributed by atoms with E-state index < -0.39 is 11.7 Å². The molecule has 0 aliphatic rings. The van der Waals surface area contributed by atoms with Crippen molar-refractivity contribution in [3.05, 3.63) is 93.8 Å². The molecule has 0 bridgehead atoms. The predicted molar refractivity (Wildman–Crippen MR) is 121 cm³/mol. The average Bonchev–Trinajstić information content (AvgIpc) is 2.73. The molecule has 2 aromatic heterocycles. The van der Waals surface area contributed by atoms with E-state index in [1.54, 1.807) is 6.20 Å². The minimum Gasteiger partial charge on any atom is -0.256 e. The molecule has 0 radical (unpaired) electrons. The summed E-state index contributed by atoms with van der Waals surface area (Å²) in [5.41, 5.74) is 5.16. The third-order valence-corrected chi connectivity index (χ3v) is 5.35. The number of nitrogens with zero attached hydrogens (tertiary/aromatic N) is 2. The minimum absolute atomic E-state index is 0.659. The Morgan fingerprint density at radius 3 is 2.13 bits per heavy atom. The van der Waals surface area contributed by atoms with Crippen molar-refractivity contribution in [2.75, 3.05) is 0 Å². The summed E-state index contributed by atoms with van der Waals surface area (Å²) in [5, 5.41) is 0. The number of aryl methyl sites for hydroxylation is 1. The lowest BCUT2D eigenvalue weighted by atomic mass is 10.0. The Bertz CT molecular complexity index is 1200. The van der Waals surface area contributed by atoms with Crippen molar-refractivity contribution in [1.82, 2.24) is 9.97 Å². The van der Waals surface area contributed by atoms with Gasteiger partial charge in [0.1, 0.15) is 0 Å². The zero-order valence-electron chi connectivity index (χ0n) is 15.9. The first-order valence-electron chi connectivity index (χ1n) is 9.18. The Kier molecular flexibility index (Phi) is 5.60. The molecule has 2 nitrogen and oxygen atoms in total. The molecule has 4 rings (SSSR count). The molecule has 0 spiro atoms. The van der Waals surface area contributed by atoms with Crippen molar-refractivity contribution in [1.29, 1.82) is 0 Å². The first-order chi connectivity index (χ1) is 14.3. The number of alkyl halides is 3. The molecule has 0 aliphatic heterocycles. The number of benzene rings is 2. The van der Waals surface area contributed by atoms with Gasteiger partial charge in [0.05, 0.1) is 17.0 Å². The Morgan fingerprint density at radius 1 is 0.733 bits per heavy atom.